The normalized spacial score (nSPS) is 12.7. The van der Waals surface area contributed by atoms with E-state index >= 15 is 0 Å². The molecule has 11 rings (SSSR count). The molecule has 1 aliphatic rings. The number of anilines is 6. The van der Waals surface area contributed by atoms with Crippen LogP contribution in [0.2, 0.25) is 0 Å². The van der Waals surface area contributed by atoms with Crippen LogP contribution in [0.25, 0.3) is 21.9 Å². The highest BCUT2D eigenvalue weighted by atomic mass is 28.3. The molecule has 3 heteroatoms. The van der Waals surface area contributed by atoms with Gasteiger partial charge < -0.3 is 9.80 Å². The first-order valence-electron chi connectivity index (χ1n) is 22.3. The highest BCUT2D eigenvalue weighted by Crippen LogP contribution is 2.50. The van der Waals surface area contributed by atoms with Crippen LogP contribution in [0, 0.1) is 0 Å². The van der Waals surface area contributed by atoms with Crippen LogP contribution in [-0.4, -0.2) is 8.07 Å². The SMILES string of the molecule is CC1(C)c2ccccc2-c2ccc(N(c3ccccc3)c3cccc([Si](c4ccccc4)(c4ccccc4)c4ccccc4N(c4ccccc4)c4cccc5ccccc45)c3)cc21. The van der Waals surface area contributed by atoms with Crippen molar-refractivity contribution in [1.29, 1.82) is 0 Å². The lowest BCUT2D eigenvalue weighted by atomic mass is 9.82. The summed E-state index contributed by atoms with van der Waals surface area (Å²) in [5.41, 5.74) is 12.0. The predicted molar refractivity (Wildman–Crippen MR) is 274 cm³/mol. The third-order valence-corrected chi connectivity index (χ3v) is 18.2. The third-order valence-electron chi connectivity index (χ3n) is 13.4. The van der Waals surface area contributed by atoms with Crippen molar-refractivity contribution in [2.45, 2.75) is 19.3 Å². The Bertz CT molecular complexity index is 3210. The minimum absolute atomic E-state index is 0.132. The molecule has 0 aliphatic heterocycles. The number of hydrogen-bond donors (Lipinski definition) is 0. The molecule has 64 heavy (non-hydrogen) atoms. The van der Waals surface area contributed by atoms with Crippen LogP contribution < -0.4 is 30.5 Å². The molecule has 0 heterocycles. The Balaban J connectivity index is 1.19. The smallest absolute Gasteiger partial charge is 0.181 e. The molecular weight excluding hydrogens is 789 g/mol. The van der Waals surface area contributed by atoms with Gasteiger partial charge in [0, 0.05) is 39.2 Å². The van der Waals surface area contributed by atoms with Crippen LogP contribution in [0.5, 0.6) is 0 Å². The highest BCUT2D eigenvalue weighted by molar-refractivity contribution is 7.20. The second kappa shape index (κ2) is 16.2. The minimum Gasteiger partial charge on any atom is -0.310 e. The molecule has 0 saturated heterocycles. The Morgan fingerprint density at radius 1 is 0.328 bits per heavy atom. The first-order valence-corrected chi connectivity index (χ1v) is 24.3. The number of benzene rings is 10. The van der Waals surface area contributed by atoms with Crippen LogP contribution in [-0.2, 0) is 5.41 Å². The zero-order chi connectivity index (χ0) is 43.1. The quantitative estimate of drug-likeness (QED) is 0.100. The summed E-state index contributed by atoms with van der Waals surface area (Å²) in [6, 6.07) is 94.4. The summed E-state index contributed by atoms with van der Waals surface area (Å²) in [4.78, 5) is 4.95. The van der Waals surface area contributed by atoms with E-state index in [0.29, 0.717) is 0 Å². The molecule has 10 aromatic rings. The van der Waals surface area contributed by atoms with E-state index in [-0.39, 0.29) is 5.41 Å². The summed E-state index contributed by atoms with van der Waals surface area (Å²) < 4.78 is 0. The summed E-state index contributed by atoms with van der Waals surface area (Å²) in [6.45, 7) is 4.73. The molecule has 0 radical (unpaired) electrons. The van der Waals surface area contributed by atoms with Gasteiger partial charge in [0.2, 0.25) is 0 Å². The first kappa shape index (κ1) is 39.1. The fourth-order valence-electron chi connectivity index (χ4n) is 10.5. The highest BCUT2D eigenvalue weighted by Gasteiger charge is 2.44. The van der Waals surface area contributed by atoms with Gasteiger partial charge in [0.15, 0.2) is 8.07 Å². The van der Waals surface area contributed by atoms with Crippen LogP contribution in [0.4, 0.5) is 34.1 Å². The number of nitrogens with zero attached hydrogens (tertiary/aromatic N) is 2. The topological polar surface area (TPSA) is 6.48 Å². The average Bonchev–Trinajstić information content (AvgIpc) is 3.59. The van der Waals surface area contributed by atoms with E-state index in [9.17, 15) is 0 Å². The monoisotopic (exact) mass is 836 g/mol. The van der Waals surface area contributed by atoms with Crippen molar-refractivity contribution in [3.05, 3.63) is 266 Å². The number of hydrogen-bond acceptors (Lipinski definition) is 2. The molecule has 0 N–H and O–H groups in total. The molecule has 0 amide bonds. The number of rotatable bonds is 10. The molecule has 0 spiro atoms. The Morgan fingerprint density at radius 2 is 0.812 bits per heavy atom. The van der Waals surface area contributed by atoms with Crippen LogP contribution in [0.3, 0.4) is 0 Å². The van der Waals surface area contributed by atoms with E-state index in [1.807, 2.05) is 0 Å². The third kappa shape index (κ3) is 6.47. The summed E-state index contributed by atoms with van der Waals surface area (Å²) in [7, 11) is -3.17. The van der Waals surface area contributed by atoms with E-state index in [2.05, 4.69) is 278 Å². The van der Waals surface area contributed by atoms with Crippen molar-refractivity contribution in [1.82, 2.24) is 0 Å². The van der Waals surface area contributed by atoms with Gasteiger partial charge in [0.25, 0.3) is 0 Å². The zero-order valence-electron chi connectivity index (χ0n) is 36.1. The fraction of sp³-hybridized carbons (Fsp3) is 0.0492. The summed E-state index contributed by atoms with van der Waals surface area (Å²) >= 11 is 0. The lowest BCUT2D eigenvalue weighted by molar-refractivity contribution is 0.660. The van der Waals surface area contributed by atoms with Crippen LogP contribution >= 0.6 is 0 Å². The van der Waals surface area contributed by atoms with Crippen molar-refractivity contribution in [2.75, 3.05) is 9.80 Å². The Morgan fingerprint density at radius 3 is 1.53 bits per heavy atom. The van der Waals surface area contributed by atoms with Crippen molar-refractivity contribution < 1.29 is 0 Å². The second-order valence-corrected chi connectivity index (χ2v) is 21.1. The van der Waals surface area contributed by atoms with Crippen molar-refractivity contribution in [2.24, 2.45) is 0 Å². The lowest BCUT2D eigenvalue weighted by Gasteiger charge is -2.39. The van der Waals surface area contributed by atoms with Gasteiger partial charge in [-0.05, 0) is 109 Å². The second-order valence-electron chi connectivity index (χ2n) is 17.3. The Labute approximate surface area is 378 Å². The molecular formula is C61H48N2Si. The molecule has 10 aromatic carbocycles. The Hall–Kier alpha value is -7.72. The molecule has 0 aromatic heterocycles. The molecule has 0 atom stereocenters. The van der Waals surface area contributed by atoms with Gasteiger partial charge in [-0.15, -0.1) is 0 Å². The summed E-state index contributed by atoms with van der Waals surface area (Å²) in [5, 5.41) is 7.66. The van der Waals surface area contributed by atoms with E-state index < -0.39 is 8.07 Å². The predicted octanol–water partition coefficient (Wildman–Crippen LogP) is 13.5. The van der Waals surface area contributed by atoms with Gasteiger partial charge in [0.05, 0.1) is 5.69 Å². The first-order chi connectivity index (χ1) is 31.5. The number of para-hydroxylation sites is 3. The van der Waals surface area contributed by atoms with Gasteiger partial charge in [0.1, 0.15) is 0 Å². The summed E-state index contributed by atoms with van der Waals surface area (Å²) in [5.74, 6) is 0. The molecule has 0 bridgehead atoms. The minimum atomic E-state index is -3.17. The average molecular weight is 837 g/mol. The molecule has 1 aliphatic carbocycles. The maximum atomic E-state index is 2.50. The largest absolute Gasteiger partial charge is 0.310 e. The maximum absolute atomic E-state index is 3.17. The van der Waals surface area contributed by atoms with E-state index in [4.69, 9.17) is 0 Å². The zero-order valence-corrected chi connectivity index (χ0v) is 37.1. The van der Waals surface area contributed by atoms with Crippen molar-refractivity contribution in [3.63, 3.8) is 0 Å². The van der Waals surface area contributed by atoms with Gasteiger partial charge in [-0.25, -0.2) is 0 Å². The van der Waals surface area contributed by atoms with Crippen molar-refractivity contribution in [3.8, 4) is 11.1 Å². The molecule has 0 saturated carbocycles. The molecule has 0 unspecified atom stereocenters. The molecule has 2 nitrogen and oxygen atoms in total. The van der Waals surface area contributed by atoms with E-state index in [0.717, 1.165) is 34.1 Å². The van der Waals surface area contributed by atoms with Gasteiger partial charge in [-0.3, -0.25) is 0 Å². The van der Waals surface area contributed by atoms with Gasteiger partial charge in [-0.1, -0.05) is 208 Å². The molecule has 0 fully saturated rings. The van der Waals surface area contributed by atoms with Crippen LogP contribution in [0.1, 0.15) is 25.0 Å². The fourth-order valence-corrected chi connectivity index (χ4v) is 15.4. The van der Waals surface area contributed by atoms with E-state index in [1.165, 1.54) is 53.8 Å². The van der Waals surface area contributed by atoms with Gasteiger partial charge >= 0.3 is 0 Å². The van der Waals surface area contributed by atoms with Crippen molar-refractivity contribution >= 4 is 73.7 Å². The summed E-state index contributed by atoms with van der Waals surface area (Å²) in [6.07, 6.45) is 0. The van der Waals surface area contributed by atoms with Crippen LogP contribution in [0.15, 0.2) is 255 Å². The van der Waals surface area contributed by atoms with Gasteiger partial charge in [-0.2, -0.15) is 0 Å². The Kier molecular flexibility index (Phi) is 9.91. The molecule has 306 valence electrons. The lowest BCUT2D eigenvalue weighted by Crippen LogP contribution is -2.75. The standard InChI is InChI=1S/C61H48N2Si/c1-61(2)56-37-18-17-36-54(56)55-42-41-49(44-57(55)61)62(46-25-7-3-8-26-46)48-29-22-34-52(43-48)64(50-30-11-5-12-31-50,51-32-13-6-14-33-51)60-40-20-19-38-59(60)63(47-27-9-4-10-28-47)58-39-21-24-45-23-15-16-35-53(45)58/h3-44H,1-2H3. The number of fused-ring (bicyclic) bond motifs is 4. The van der Waals surface area contributed by atoms with E-state index in [1.54, 1.807) is 0 Å². The maximum Gasteiger partial charge on any atom is 0.181 e.